The van der Waals surface area contributed by atoms with Gasteiger partial charge in [0, 0.05) is 109 Å². The Morgan fingerprint density at radius 3 is 0.939 bits per heavy atom. The van der Waals surface area contributed by atoms with Gasteiger partial charge in [0.1, 0.15) is 27.8 Å². The highest BCUT2D eigenvalue weighted by Crippen LogP contribution is 2.50. The van der Waals surface area contributed by atoms with Gasteiger partial charge in [0.15, 0.2) is 57.5 Å². The van der Waals surface area contributed by atoms with E-state index in [1.807, 2.05) is 133 Å². The predicted molar refractivity (Wildman–Crippen MR) is 531 cm³/mol. The number of aromatic nitrogens is 12. The van der Waals surface area contributed by atoms with Gasteiger partial charge in [-0.1, -0.05) is 322 Å². The highest BCUT2D eigenvalue weighted by atomic mass is 16.3. The van der Waals surface area contributed by atoms with E-state index in [1.165, 1.54) is 0 Å². The topological polar surface area (TPSA) is 170 Å². The highest BCUT2D eigenvalue weighted by molar-refractivity contribution is 6.29. The van der Waals surface area contributed by atoms with E-state index < -0.39 is 0 Å². The fraction of sp³-hybridized carbons (Fsp3) is 0. The third kappa shape index (κ3) is 12.0. The van der Waals surface area contributed by atoms with E-state index in [-0.39, 0.29) is 0 Å². The van der Waals surface area contributed by atoms with Crippen LogP contribution >= 0.6 is 0 Å². The minimum Gasteiger partial charge on any atom is -0.454 e. The number of hydrogen-bond acceptors (Lipinski definition) is 12. The third-order valence-electron chi connectivity index (χ3n) is 25.8. The van der Waals surface area contributed by atoms with Gasteiger partial charge in [-0.3, -0.25) is 9.13 Å². The Labute approximate surface area is 752 Å². The summed E-state index contributed by atoms with van der Waals surface area (Å²) in [5, 5.41) is 12.2. The van der Waals surface area contributed by atoms with E-state index >= 15 is 0 Å². The molecule has 0 N–H and O–H groups in total. The van der Waals surface area contributed by atoms with E-state index in [2.05, 4.69) is 293 Å². The minimum atomic E-state index is 0.418. The molecule has 0 aliphatic carbocycles. The van der Waals surface area contributed by atoms with Crippen molar-refractivity contribution in [3.05, 3.63) is 413 Å². The van der Waals surface area contributed by atoms with Crippen molar-refractivity contribution < 1.29 is 13.3 Å². The van der Waals surface area contributed by atoms with Crippen molar-refractivity contribution in [1.82, 2.24) is 58.6 Å². The predicted octanol–water partition coefficient (Wildman–Crippen LogP) is 29.6. The first kappa shape index (κ1) is 74.1. The average Bonchev–Trinajstić information content (AvgIpc) is 1.54. The molecule has 0 saturated heterocycles. The summed E-state index contributed by atoms with van der Waals surface area (Å²) >= 11 is 0. The molecule has 0 aliphatic heterocycles. The molecule has 132 heavy (non-hydrogen) atoms. The SMILES string of the molecule is c1ccc(-c2ccc(-c3nc(-c4ccccc4)nc(-n4c5ccccc5c5c(-c6ccc(-c7cccc(-c8nc(-c9ccccc9)nc(-n9c%10ccccc%10c%10c(-c%11cccc(-c%12nc(-c%13ccccc%13)nc(-c%13ccc(-n%14c%15ccccc%15c%15ccc%16c%17ccccc%17oc%16c%15%14)cc%13)n%12)c%11)cc%11c%12ccccc%12oc%11c%109)n8)c7)cc6)cc6c7ccccc7oc6c54)n3)cc2)cc1. The lowest BCUT2D eigenvalue weighted by Gasteiger charge is -2.13. The number of fused-ring (bicyclic) bond motifs is 21. The second kappa shape index (κ2) is 29.7. The third-order valence-corrected chi connectivity index (χ3v) is 25.8. The lowest BCUT2D eigenvalue weighted by Crippen LogP contribution is -2.06. The Hall–Kier alpha value is -18.2. The molecule has 0 spiro atoms. The summed E-state index contributed by atoms with van der Waals surface area (Å²) in [5.74, 6) is 4.59. The molecule has 27 rings (SSSR count). The first-order valence-corrected chi connectivity index (χ1v) is 44.0. The van der Waals surface area contributed by atoms with Crippen LogP contribution in [-0.4, -0.2) is 58.6 Å². The van der Waals surface area contributed by atoms with Crippen molar-refractivity contribution in [1.29, 1.82) is 0 Å². The maximum absolute atomic E-state index is 7.18. The Morgan fingerprint density at radius 2 is 0.462 bits per heavy atom. The fourth-order valence-corrected chi connectivity index (χ4v) is 19.7. The molecule has 0 bridgehead atoms. The molecule has 27 aromatic rings. The number of hydrogen-bond donors (Lipinski definition) is 0. The van der Waals surface area contributed by atoms with Crippen molar-refractivity contribution in [3.63, 3.8) is 0 Å². The zero-order chi connectivity index (χ0) is 86.6. The quantitative estimate of drug-likeness (QED) is 0.101. The van der Waals surface area contributed by atoms with Crippen LogP contribution in [0.1, 0.15) is 0 Å². The standard InChI is InChI=1S/C117H68N12O3/c1-5-27-69(28-6-1)70-53-57-76(58-54-70)113-121-111(74-31-9-3-10-32-74)123-116(125-113)128-96-46-20-14-43-89(96)101-91(67-93-85-41-17-23-49-99(85)131-107(93)104(101)128)72-55-51-71(52-56-72)78-35-25-37-80(65-78)115-122-112(75-33-11-4-12-34-75)124-117(126-115)129-97-47-21-15-44-90(97)102-92(68-94-86-42-18-24-50-100(86)132-108(94)105(102)129)79-36-26-38-81(66-79)114-119-109(73-29-7-2-8-30-73)118-110(120-114)77-59-61-82(62-60-77)127-95-45-19-13-39-83(95)87-63-64-88-84-40-16-22-48-98(84)130-106(88)103(87)127/h1-68H. The molecule has 0 atom stereocenters. The van der Waals surface area contributed by atoms with Crippen LogP contribution in [0.4, 0.5) is 0 Å². The van der Waals surface area contributed by atoms with Gasteiger partial charge in [0.2, 0.25) is 11.9 Å². The maximum Gasteiger partial charge on any atom is 0.238 e. The molecule has 0 radical (unpaired) electrons. The Morgan fingerprint density at radius 1 is 0.167 bits per heavy atom. The van der Waals surface area contributed by atoms with Crippen LogP contribution in [0.25, 0.3) is 273 Å². The van der Waals surface area contributed by atoms with E-state index in [1.54, 1.807) is 0 Å². The number of rotatable bonds is 14. The van der Waals surface area contributed by atoms with Crippen LogP contribution in [0.2, 0.25) is 0 Å². The molecular weight excluding hydrogens is 1620 g/mol. The van der Waals surface area contributed by atoms with Gasteiger partial charge in [0.05, 0.1) is 22.1 Å². The summed E-state index contributed by atoms with van der Waals surface area (Å²) < 4.78 is 27.6. The van der Waals surface area contributed by atoms with E-state index in [4.69, 9.17) is 58.1 Å². The van der Waals surface area contributed by atoms with E-state index in [9.17, 15) is 0 Å². The second-order valence-electron chi connectivity index (χ2n) is 33.4. The lowest BCUT2D eigenvalue weighted by atomic mass is 9.94. The molecule has 0 unspecified atom stereocenters. The summed E-state index contributed by atoms with van der Waals surface area (Å²) in [6.07, 6.45) is 0. The van der Waals surface area contributed by atoms with Crippen LogP contribution in [0.3, 0.4) is 0 Å². The van der Waals surface area contributed by atoms with Crippen LogP contribution in [0, 0.1) is 0 Å². The largest absolute Gasteiger partial charge is 0.454 e. The van der Waals surface area contributed by atoms with Crippen LogP contribution in [-0.2, 0) is 0 Å². The highest BCUT2D eigenvalue weighted by Gasteiger charge is 2.30. The molecule has 15 heteroatoms. The summed E-state index contributed by atoms with van der Waals surface area (Å²) in [6, 6.07) is 143. The second-order valence-corrected chi connectivity index (χ2v) is 33.4. The van der Waals surface area contributed by atoms with E-state index in [0.29, 0.717) is 58.3 Å². The first-order valence-electron chi connectivity index (χ1n) is 44.0. The molecule has 0 saturated carbocycles. The van der Waals surface area contributed by atoms with Crippen LogP contribution < -0.4 is 0 Å². The monoisotopic (exact) mass is 1690 g/mol. The Bertz CT molecular complexity index is 9390. The fourth-order valence-electron chi connectivity index (χ4n) is 19.7. The van der Waals surface area contributed by atoms with Crippen molar-refractivity contribution >= 4 is 131 Å². The van der Waals surface area contributed by atoms with Gasteiger partial charge >= 0.3 is 0 Å². The van der Waals surface area contributed by atoms with Crippen molar-refractivity contribution in [2.45, 2.75) is 0 Å². The molecule has 15 nitrogen and oxygen atoms in total. The Kier molecular flexibility index (Phi) is 16.7. The van der Waals surface area contributed by atoms with Gasteiger partial charge in [0.25, 0.3) is 0 Å². The van der Waals surface area contributed by atoms with Crippen molar-refractivity contribution in [2.24, 2.45) is 0 Å². The molecule has 9 aromatic heterocycles. The Balaban J connectivity index is 0.581. The number of furan rings is 3. The average molecular weight is 1690 g/mol. The zero-order valence-electron chi connectivity index (χ0n) is 70.4. The van der Waals surface area contributed by atoms with E-state index in [0.717, 1.165) is 215 Å². The molecule has 0 fully saturated rings. The van der Waals surface area contributed by atoms with Crippen molar-refractivity contribution in [3.8, 4) is 142 Å². The lowest BCUT2D eigenvalue weighted by molar-refractivity contribution is 0.670. The van der Waals surface area contributed by atoms with Crippen molar-refractivity contribution in [2.75, 3.05) is 0 Å². The summed E-state index contributed by atoms with van der Waals surface area (Å²) in [7, 11) is 0. The minimum absolute atomic E-state index is 0.418. The van der Waals surface area contributed by atoms with Gasteiger partial charge < -0.3 is 17.8 Å². The van der Waals surface area contributed by atoms with Gasteiger partial charge in [-0.25, -0.2) is 24.9 Å². The normalized spacial score (nSPS) is 11.9. The van der Waals surface area contributed by atoms with Gasteiger partial charge in [-0.15, -0.1) is 0 Å². The number of nitrogens with zero attached hydrogens (tertiary/aromatic N) is 12. The van der Waals surface area contributed by atoms with Crippen LogP contribution in [0.5, 0.6) is 0 Å². The molecule has 9 heterocycles. The molecule has 18 aromatic carbocycles. The molecular formula is C117H68N12O3. The first-order chi connectivity index (χ1) is 65.4. The molecule has 0 aliphatic rings. The maximum atomic E-state index is 7.18. The molecule has 614 valence electrons. The summed E-state index contributed by atoms with van der Waals surface area (Å²) in [4.78, 5) is 48.6. The summed E-state index contributed by atoms with van der Waals surface area (Å²) in [5.41, 5.74) is 25.2. The zero-order valence-corrected chi connectivity index (χ0v) is 70.4. The summed E-state index contributed by atoms with van der Waals surface area (Å²) in [6.45, 7) is 0. The smallest absolute Gasteiger partial charge is 0.238 e. The van der Waals surface area contributed by atoms with Gasteiger partial charge in [-0.2, -0.15) is 19.9 Å². The number of para-hydroxylation sites is 6. The van der Waals surface area contributed by atoms with Crippen LogP contribution in [0.15, 0.2) is 426 Å². The molecule has 0 amide bonds. The number of benzene rings is 18. The van der Waals surface area contributed by atoms with Gasteiger partial charge in [-0.05, 0) is 136 Å².